The Morgan fingerprint density at radius 1 is 1.35 bits per heavy atom. The van der Waals surface area contributed by atoms with E-state index in [9.17, 15) is 4.79 Å². The lowest BCUT2D eigenvalue weighted by molar-refractivity contribution is 0.127. The van der Waals surface area contributed by atoms with Crippen LogP contribution < -0.4 is 21.2 Å². The van der Waals surface area contributed by atoms with Crippen molar-refractivity contribution in [2.24, 2.45) is 10.7 Å². The van der Waals surface area contributed by atoms with E-state index >= 15 is 0 Å². The number of halogens is 2. The molecule has 0 saturated heterocycles. The first-order valence-corrected chi connectivity index (χ1v) is 8.51. The van der Waals surface area contributed by atoms with Gasteiger partial charge in [0, 0.05) is 13.1 Å². The number of hydrazine groups is 1. The number of para-hydroxylation sites is 1. The number of guanidine groups is 1. The molecule has 1 aromatic carbocycles. The van der Waals surface area contributed by atoms with Crippen molar-refractivity contribution in [2.75, 3.05) is 19.6 Å². The summed E-state index contributed by atoms with van der Waals surface area (Å²) in [5.41, 5.74) is 10.0. The molecule has 1 aromatic rings. The van der Waals surface area contributed by atoms with Gasteiger partial charge in [0.1, 0.15) is 11.9 Å². The number of ether oxygens (including phenoxy) is 1. The van der Waals surface area contributed by atoms with Crippen molar-refractivity contribution in [1.82, 2.24) is 15.8 Å². The van der Waals surface area contributed by atoms with E-state index in [4.69, 9.17) is 10.5 Å². The van der Waals surface area contributed by atoms with Gasteiger partial charge in [-0.25, -0.2) is 10.2 Å². The van der Waals surface area contributed by atoms with Gasteiger partial charge in [-0.2, -0.15) is 4.99 Å². The molecule has 0 fully saturated rings. The van der Waals surface area contributed by atoms with Crippen molar-refractivity contribution in [1.29, 1.82) is 0 Å². The number of amides is 2. The molecule has 148 valence electrons. The molecule has 1 atom stereocenters. The second-order valence-electron chi connectivity index (χ2n) is 5.71. The molecule has 2 rings (SSSR count). The molecule has 4 N–H and O–H groups in total. The summed E-state index contributed by atoms with van der Waals surface area (Å²) in [6, 6.07) is 7.67. The number of hydrogen-bond donors (Lipinski definition) is 3. The lowest BCUT2D eigenvalue weighted by Crippen LogP contribution is -2.48. The highest BCUT2D eigenvalue weighted by Gasteiger charge is 2.21. The summed E-state index contributed by atoms with van der Waals surface area (Å²) in [6.07, 6.45) is 2.75. The maximum atomic E-state index is 12.2. The summed E-state index contributed by atoms with van der Waals surface area (Å²) in [5.74, 6) is 1.06. The number of hydrogen-bond acceptors (Lipinski definition) is 3. The molecule has 1 unspecified atom stereocenters. The molecule has 7 nitrogen and oxygen atoms in total. The van der Waals surface area contributed by atoms with Crippen LogP contribution in [0.4, 0.5) is 4.79 Å². The van der Waals surface area contributed by atoms with E-state index in [1.54, 1.807) is 0 Å². The molecule has 1 aliphatic rings. The lowest BCUT2D eigenvalue weighted by Gasteiger charge is -2.29. The number of carbonyl (C=O) groups excluding carboxylic acids is 1. The summed E-state index contributed by atoms with van der Waals surface area (Å²) >= 11 is 0. The standard InChI is InChI=1S/C17H27N5O2.2ClH/c1-3-11-22(17(23)21-16(18)19-4-2)20-12-14-10-9-13-7-5-6-8-15(13)24-14;;/h5-8,14,20H,3-4,9-12H2,1-2H3,(H3,18,19,21,23);2*1H. The average molecular weight is 406 g/mol. The van der Waals surface area contributed by atoms with Crippen molar-refractivity contribution in [3.8, 4) is 5.75 Å². The van der Waals surface area contributed by atoms with Gasteiger partial charge in [-0.15, -0.1) is 24.8 Å². The molecule has 0 saturated carbocycles. The third-order valence-corrected chi connectivity index (χ3v) is 3.76. The smallest absolute Gasteiger partial charge is 0.361 e. The summed E-state index contributed by atoms with van der Waals surface area (Å²) in [4.78, 5) is 16.1. The molecule has 1 heterocycles. The van der Waals surface area contributed by atoms with Crippen molar-refractivity contribution in [3.63, 3.8) is 0 Å². The van der Waals surface area contributed by atoms with Crippen LogP contribution in [0.1, 0.15) is 32.3 Å². The van der Waals surface area contributed by atoms with Crippen LogP contribution >= 0.6 is 24.8 Å². The van der Waals surface area contributed by atoms with Crippen LogP contribution in [-0.2, 0) is 6.42 Å². The molecule has 0 spiro atoms. The van der Waals surface area contributed by atoms with Gasteiger partial charge in [0.2, 0.25) is 0 Å². The number of nitrogens with two attached hydrogens (primary N) is 1. The predicted molar refractivity (Wildman–Crippen MR) is 109 cm³/mol. The second kappa shape index (κ2) is 12.6. The Morgan fingerprint density at radius 2 is 2.08 bits per heavy atom. The largest absolute Gasteiger partial charge is 0.489 e. The Balaban J connectivity index is 0.00000312. The number of carbonyl (C=O) groups is 1. The summed E-state index contributed by atoms with van der Waals surface area (Å²) in [7, 11) is 0. The molecular weight excluding hydrogens is 377 g/mol. The third-order valence-electron chi connectivity index (χ3n) is 3.76. The molecule has 9 heteroatoms. The van der Waals surface area contributed by atoms with E-state index in [2.05, 4.69) is 21.8 Å². The molecule has 1 aliphatic heterocycles. The molecule has 0 aliphatic carbocycles. The number of aryl methyl sites for hydroxylation is 1. The zero-order valence-corrected chi connectivity index (χ0v) is 16.9. The Morgan fingerprint density at radius 3 is 2.77 bits per heavy atom. The molecule has 0 bridgehead atoms. The maximum absolute atomic E-state index is 12.2. The van der Waals surface area contributed by atoms with Gasteiger partial charge in [-0.3, -0.25) is 5.01 Å². The minimum absolute atomic E-state index is 0. The number of aliphatic imine (C=N–C) groups is 1. The molecule has 0 radical (unpaired) electrons. The Bertz CT molecular complexity index is 586. The van der Waals surface area contributed by atoms with Gasteiger partial charge >= 0.3 is 6.03 Å². The van der Waals surface area contributed by atoms with Gasteiger partial charge in [-0.05, 0) is 37.8 Å². The van der Waals surface area contributed by atoms with Gasteiger partial charge in [0.05, 0.1) is 6.54 Å². The van der Waals surface area contributed by atoms with Crippen molar-refractivity contribution < 1.29 is 9.53 Å². The Kier molecular flexibility index (Phi) is 11.8. The second-order valence-corrected chi connectivity index (χ2v) is 5.71. The van der Waals surface area contributed by atoms with E-state index in [1.165, 1.54) is 10.6 Å². The van der Waals surface area contributed by atoms with Crippen LogP contribution in [0.3, 0.4) is 0 Å². The minimum atomic E-state index is -0.397. The topological polar surface area (TPSA) is 92.0 Å². The molecule has 2 amide bonds. The Labute approximate surface area is 167 Å². The monoisotopic (exact) mass is 405 g/mol. The van der Waals surface area contributed by atoms with Gasteiger partial charge in [-0.1, -0.05) is 25.1 Å². The quantitative estimate of drug-likeness (QED) is 0.384. The third kappa shape index (κ3) is 7.27. The number of fused-ring (bicyclic) bond motifs is 1. The van der Waals surface area contributed by atoms with Crippen LogP contribution in [0.15, 0.2) is 29.3 Å². The van der Waals surface area contributed by atoms with Crippen LogP contribution in [0, 0.1) is 0 Å². The normalized spacial score (nSPS) is 15.6. The van der Waals surface area contributed by atoms with Gasteiger partial charge in [0.25, 0.3) is 0 Å². The van der Waals surface area contributed by atoms with Gasteiger partial charge < -0.3 is 15.8 Å². The first kappa shape index (κ1) is 24.3. The number of urea groups is 1. The highest BCUT2D eigenvalue weighted by Crippen LogP contribution is 2.26. The highest BCUT2D eigenvalue weighted by molar-refractivity contribution is 5.91. The average Bonchev–Trinajstić information content (AvgIpc) is 2.58. The lowest BCUT2D eigenvalue weighted by atomic mass is 10.0. The van der Waals surface area contributed by atoms with E-state index in [1.807, 2.05) is 32.0 Å². The maximum Gasteiger partial charge on any atom is 0.361 e. The zero-order valence-electron chi connectivity index (χ0n) is 15.2. The summed E-state index contributed by atoms with van der Waals surface area (Å²) < 4.78 is 5.99. The van der Waals surface area contributed by atoms with Crippen LogP contribution in [-0.4, -0.2) is 42.7 Å². The van der Waals surface area contributed by atoms with Crippen molar-refractivity contribution >= 4 is 36.8 Å². The molecular formula is C17H29Cl2N5O2. The zero-order chi connectivity index (χ0) is 17.4. The predicted octanol–water partition coefficient (Wildman–Crippen LogP) is 2.48. The number of nitrogens with zero attached hydrogens (tertiary/aromatic N) is 2. The van der Waals surface area contributed by atoms with E-state index < -0.39 is 6.03 Å². The minimum Gasteiger partial charge on any atom is -0.489 e. The first-order chi connectivity index (χ1) is 11.6. The Hall–Kier alpha value is -1.70. The van der Waals surface area contributed by atoms with Crippen molar-refractivity contribution in [2.45, 2.75) is 39.2 Å². The fourth-order valence-corrected chi connectivity index (χ4v) is 2.59. The van der Waals surface area contributed by atoms with Crippen molar-refractivity contribution in [3.05, 3.63) is 29.8 Å². The van der Waals surface area contributed by atoms with Crippen LogP contribution in [0.5, 0.6) is 5.75 Å². The molecule has 26 heavy (non-hydrogen) atoms. The van der Waals surface area contributed by atoms with Gasteiger partial charge in [0.15, 0.2) is 5.96 Å². The van der Waals surface area contributed by atoms with Crippen LogP contribution in [0.25, 0.3) is 0 Å². The summed E-state index contributed by atoms with van der Waals surface area (Å²) in [6.45, 7) is 5.64. The number of benzene rings is 1. The van der Waals surface area contributed by atoms with E-state index in [-0.39, 0.29) is 36.9 Å². The first-order valence-electron chi connectivity index (χ1n) is 8.51. The molecule has 0 aromatic heterocycles. The SMILES string of the molecule is CCCN(NCC1CCc2ccccc2O1)C(=O)N=C(N)NCC.Cl.Cl. The van der Waals surface area contributed by atoms with E-state index in [0.717, 1.165) is 25.0 Å². The number of rotatable bonds is 6. The fourth-order valence-electron chi connectivity index (χ4n) is 2.59. The van der Waals surface area contributed by atoms with Crippen LogP contribution in [0.2, 0.25) is 0 Å². The summed E-state index contributed by atoms with van der Waals surface area (Å²) in [5, 5.41) is 4.31. The van der Waals surface area contributed by atoms with E-state index in [0.29, 0.717) is 19.6 Å². The number of nitrogens with one attached hydrogen (secondary N) is 2. The highest BCUT2D eigenvalue weighted by atomic mass is 35.5. The fraction of sp³-hybridized carbons (Fsp3) is 0.529.